The van der Waals surface area contributed by atoms with Crippen molar-refractivity contribution in [2.75, 3.05) is 60.9 Å². The van der Waals surface area contributed by atoms with E-state index in [0.717, 1.165) is 61.4 Å². The minimum absolute atomic E-state index is 0.0358. The predicted octanol–water partition coefficient (Wildman–Crippen LogP) is 4.07. The smallest absolute Gasteiger partial charge is 0.252 e. The molecule has 0 radical (unpaired) electrons. The third-order valence-electron chi connectivity index (χ3n) is 7.06. The number of likely N-dealkylation sites (N-methyl/N-ethyl adjacent to an activating group) is 4. The van der Waals surface area contributed by atoms with E-state index in [1.165, 1.54) is 34.1 Å². The molecule has 11 nitrogen and oxygen atoms in total. The topological polar surface area (TPSA) is 119 Å². The van der Waals surface area contributed by atoms with Crippen LogP contribution in [0.3, 0.4) is 0 Å². The highest BCUT2D eigenvalue weighted by Gasteiger charge is 2.15. The molecule has 1 aromatic carbocycles. The molecule has 0 N–H and O–H groups in total. The first-order valence-electron chi connectivity index (χ1n) is 15.9. The first-order valence-corrected chi connectivity index (χ1v) is 15.9. The van der Waals surface area contributed by atoms with E-state index in [9.17, 15) is 28.8 Å². The monoisotopic (exact) mass is 677 g/mol. The van der Waals surface area contributed by atoms with Crippen LogP contribution in [0.15, 0.2) is 106 Å². The first-order chi connectivity index (χ1) is 23.2. The van der Waals surface area contributed by atoms with Crippen LogP contribution >= 0.6 is 0 Å². The van der Waals surface area contributed by atoms with Crippen LogP contribution in [0.25, 0.3) is 0 Å². The van der Waals surface area contributed by atoms with Gasteiger partial charge in [0.2, 0.25) is 23.6 Å². The molecule has 0 bridgehead atoms. The molecular formula is C38H55N5O6. The molecule has 0 fully saturated rings. The van der Waals surface area contributed by atoms with Crippen LogP contribution in [-0.2, 0) is 35.2 Å². The molecule has 268 valence electrons. The van der Waals surface area contributed by atoms with Gasteiger partial charge in [-0.2, -0.15) is 0 Å². The minimum atomic E-state index is -0.397. The molecule has 0 aliphatic heterocycles. The lowest BCUT2D eigenvalue weighted by molar-refractivity contribution is -0.138. The van der Waals surface area contributed by atoms with Gasteiger partial charge in [-0.3, -0.25) is 33.7 Å². The quantitative estimate of drug-likeness (QED) is 0.161. The Morgan fingerprint density at radius 1 is 0.449 bits per heavy atom. The molecule has 0 aliphatic carbocycles. The zero-order chi connectivity index (χ0) is 37.8. The second kappa shape index (κ2) is 27.8. The Morgan fingerprint density at radius 2 is 0.755 bits per heavy atom. The standard InChI is InChI=1S/C14H24N2O2.C14H15NO2.C10H16N2O2/c1-5-13(17)15(3)11-9-7-8-10-12-16(4)14(18)6-2;1-3-13(16)15(14(17)4-2)11-10-12-8-6-5-7-9-12;1-5-9(13)11(3)7-8-12(4)10(14)6-2/h5-6H,1-2,7-12H2,3-4H3;3-9H,1-2,10-11H2;5-6H,1-2,7-8H2,3-4H3. The summed E-state index contributed by atoms with van der Waals surface area (Å²) in [6.07, 6.45) is 12.1. The zero-order valence-corrected chi connectivity index (χ0v) is 29.9. The van der Waals surface area contributed by atoms with Gasteiger partial charge in [-0.15, -0.1) is 0 Å². The summed E-state index contributed by atoms with van der Waals surface area (Å²) in [5.74, 6) is -1.16. The van der Waals surface area contributed by atoms with Crippen molar-refractivity contribution in [3.8, 4) is 0 Å². The molecule has 0 unspecified atom stereocenters. The predicted molar refractivity (Wildman–Crippen MR) is 197 cm³/mol. The highest BCUT2D eigenvalue weighted by molar-refractivity contribution is 6.04. The summed E-state index contributed by atoms with van der Waals surface area (Å²) in [5.41, 5.74) is 1.08. The van der Waals surface area contributed by atoms with Crippen LogP contribution in [0.1, 0.15) is 31.2 Å². The molecule has 0 heterocycles. The van der Waals surface area contributed by atoms with Crippen molar-refractivity contribution < 1.29 is 28.8 Å². The molecule has 0 spiro atoms. The average Bonchev–Trinajstić information content (AvgIpc) is 3.13. The number of amides is 6. The summed E-state index contributed by atoms with van der Waals surface area (Å²) in [6.45, 7) is 23.2. The van der Waals surface area contributed by atoms with Crippen LogP contribution in [0.4, 0.5) is 0 Å². The number of unbranched alkanes of at least 4 members (excludes halogenated alkanes) is 3. The Labute approximate surface area is 293 Å². The lowest BCUT2D eigenvalue weighted by atomic mass is 10.1. The number of nitrogens with zero attached hydrogens (tertiary/aromatic N) is 5. The molecular weight excluding hydrogens is 622 g/mol. The van der Waals surface area contributed by atoms with Crippen molar-refractivity contribution in [1.29, 1.82) is 0 Å². The van der Waals surface area contributed by atoms with Gasteiger partial charge >= 0.3 is 0 Å². The van der Waals surface area contributed by atoms with Gasteiger partial charge in [-0.1, -0.05) is 82.6 Å². The van der Waals surface area contributed by atoms with Gasteiger partial charge in [-0.05, 0) is 61.3 Å². The number of benzene rings is 1. The van der Waals surface area contributed by atoms with Crippen LogP contribution < -0.4 is 0 Å². The van der Waals surface area contributed by atoms with Crippen molar-refractivity contribution in [3.63, 3.8) is 0 Å². The largest absolute Gasteiger partial charge is 0.342 e. The van der Waals surface area contributed by atoms with Gasteiger partial charge in [0, 0.05) is 60.9 Å². The summed E-state index contributed by atoms with van der Waals surface area (Å²) >= 11 is 0. The van der Waals surface area contributed by atoms with Crippen molar-refractivity contribution in [3.05, 3.63) is 112 Å². The Hall–Kier alpha value is -5.32. The minimum Gasteiger partial charge on any atom is -0.342 e. The third-order valence-corrected chi connectivity index (χ3v) is 7.06. The Bertz CT molecular complexity index is 1200. The fourth-order valence-electron chi connectivity index (χ4n) is 3.85. The van der Waals surface area contributed by atoms with E-state index in [0.29, 0.717) is 26.1 Å². The summed E-state index contributed by atoms with van der Waals surface area (Å²) in [5, 5.41) is 0. The SMILES string of the molecule is C=CC(=O)N(C)CCCCCCN(C)C(=O)C=C.C=CC(=O)N(C)CCN(C)C(=O)C=C.C=CC(=O)N(CCc1ccccc1)C(=O)C=C. The summed E-state index contributed by atoms with van der Waals surface area (Å²) in [7, 11) is 6.88. The molecule has 0 saturated carbocycles. The molecule has 0 saturated heterocycles. The normalized spacial score (nSPS) is 9.39. The first kappa shape index (κ1) is 45.8. The van der Waals surface area contributed by atoms with E-state index in [4.69, 9.17) is 0 Å². The van der Waals surface area contributed by atoms with Crippen LogP contribution in [0, 0.1) is 0 Å². The van der Waals surface area contributed by atoms with Crippen molar-refractivity contribution >= 4 is 35.4 Å². The molecule has 0 atom stereocenters. The molecule has 1 rings (SSSR count). The molecule has 6 amide bonds. The van der Waals surface area contributed by atoms with Gasteiger partial charge in [0.15, 0.2) is 0 Å². The summed E-state index contributed by atoms with van der Waals surface area (Å²) in [6, 6.07) is 9.67. The fourth-order valence-corrected chi connectivity index (χ4v) is 3.85. The number of hydrogen-bond acceptors (Lipinski definition) is 6. The lowest BCUT2D eigenvalue weighted by Gasteiger charge is -2.20. The second-order valence-corrected chi connectivity index (χ2v) is 10.7. The van der Waals surface area contributed by atoms with Gasteiger partial charge in [0.05, 0.1) is 0 Å². The Kier molecular flexibility index (Phi) is 25.9. The average molecular weight is 678 g/mol. The number of carbonyl (C=O) groups is 6. The van der Waals surface area contributed by atoms with Gasteiger partial charge in [-0.25, -0.2) is 0 Å². The molecule has 1 aromatic rings. The third kappa shape index (κ3) is 21.2. The van der Waals surface area contributed by atoms with Crippen molar-refractivity contribution in [2.24, 2.45) is 0 Å². The zero-order valence-electron chi connectivity index (χ0n) is 29.9. The van der Waals surface area contributed by atoms with Crippen LogP contribution in [-0.4, -0.2) is 121 Å². The van der Waals surface area contributed by atoms with Crippen LogP contribution in [0.5, 0.6) is 0 Å². The van der Waals surface area contributed by atoms with Gasteiger partial charge in [0.1, 0.15) is 0 Å². The molecule has 0 aliphatic rings. The second-order valence-electron chi connectivity index (χ2n) is 10.7. The number of hydrogen-bond donors (Lipinski definition) is 0. The van der Waals surface area contributed by atoms with E-state index in [1.54, 1.807) is 38.0 Å². The highest BCUT2D eigenvalue weighted by Crippen LogP contribution is 2.04. The van der Waals surface area contributed by atoms with E-state index < -0.39 is 11.8 Å². The molecule has 49 heavy (non-hydrogen) atoms. The number of imide groups is 1. The summed E-state index contributed by atoms with van der Waals surface area (Å²) in [4.78, 5) is 74.9. The van der Waals surface area contributed by atoms with Crippen molar-refractivity contribution in [2.45, 2.75) is 32.1 Å². The van der Waals surface area contributed by atoms with Crippen LogP contribution in [0.2, 0.25) is 0 Å². The van der Waals surface area contributed by atoms with E-state index in [1.807, 2.05) is 30.3 Å². The molecule has 0 aromatic heterocycles. The number of carbonyl (C=O) groups excluding carboxylic acids is 6. The Balaban J connectivity index is 0. The molecule has 11 heteroatoms. The fraction of sp³-hybridized carbons (Fsp3) is 0.368. The van der Waals surface area contributed by atoms with Gasteiger partial charge in [0.25, 0.3) is 11.8 Å². The summed E-state index contributed by atoms with van der Waals surface area (Å²) < 4.78 is 0. The van der Waals surface area contributed by atoms with E-state index >= 15 is 0 Å². The maximum Gasteiger partial charge on any atom is 0.252 e. The maximum absolute atomic E-state index is 11.5. The van der Waals surface area contributed by atoms with Crippen molar-refractivity contribution in [1.82, 2.24) is 24.5 Å². The lowest BCUT2D eigenvalue weighted by Crippen LogP contribution is -2.36. The van der Waals surface area contributed by atoms with E-state index in [2.05, 4.69) is 39.5 Å². The van der Waals surface area contributed by atoms with E-state index in [-0.39, 0.29) is 23.6 Å². The maximum atomic E-state index is 11.5. The highest BCUT2D eigenvalue weighted by atomic mass is 16.2. The number of rotatable bonds is 19. The van der Waals surface area contributed by atoms with Gasteiger partial charge < -0.3 is 19.6 Å². The Morgan fingerprint density at radius 3 is 1.06 bits per heavy atom.